The van der Waals surface area contributed by atoms with E-state index in [1.54, 1.807) is 0 Å². The van der Waals surface area contributed by atoms with Gasteiger partial charge in [0.2, 0.25) is 0 Å². The average Bonchev–Trinajstić information content (AvgIpc) is 2.36. The molecule has 1 aromatic rings. The molecule has 0 fully saturated rings. The molecule has 0 spiro atoms. The Balaban J connectivity index is 2.49. The Kier molecular flexibility index (Phi) is 6.76. The fraction of sp³-hybridized carbons (Fsp3) is 0.600. The molecule has 0 saturated heterocycles. The molecule has 0 bridgehead atoms. The standard InChI is InChI=1S/C15H25NO2/c1-5-17-15(18-6-2)11-12-16(4)14-10-8-7-9-13(14)3/h7-10,15H,5-6,11-12H2,1-4H3. The summed E-state index contributed by atoms with van der Waals surface area (Å²) in [6.45, 7) is 8.44. The van der Waals surface area contributed by atoms with Crippen molar-refractivity contribution in [3.8, 4) is 0 Å². The third kappa shape index (κ3) is 4.67. The quantitative estimate of drug-likeness (QED) is 0.662. The summed E-state index contributed by atoms with van der Waals surface area (Å²) in [5.41, 5.74) is 2.56. The highest BCUT2D eigenvalue weighted by Gasteiger charge is 2.10. The summed E-state index contributed by atoms with van der Waals surface area (Å²) in [5.74, 6) is 0. The van der Waals surface area contributed by atoms with Crippen LogP contribution >= 0.6 is 0 Å². The predicted molar refractivity (Wildman–Crippen MR) is 76.1 cm³/mol. The maximum atomic E-state index is 5.55. The zero-order valence-corrected chi connectivity index (χ0v) is 12.0. The Morgan fingerprint density at radius 3 is 2.28 bits per heavy atom. The van der Waals surface area contributed by atoms with Gasteiger partial charge in [0.15, 0.2) is 6.29 Å². The van der Waals surface area contributed by atoms with Gasteiger partial charge in [-0.15, -0.1) is 0 Å². The molecular formula is C15H25NO2. The lowest BCUT2D eigenvalue weighted by Crippen LogP contribution is -2.26. The number of aryl methyl sites for hydroxylation is 1. The average molecular weight is 251 g/mol. The molecule has 0 N–H and O–H groups in total. The lowest BCUT2D eigenvalue weighted by molar-refractivity contribution is -0.137. The summed E-state index contributed by atoms with van der Waals surface area (Å²) in [6.07, 6.45) is 0.790. The number of rotatable bonds is 8. The van der Waals surface area contributed by atoms with Crippen LogP contribution in [0.15, 0.2) is 24.3 Å². The number of hydrogen-bond acceptors (Lipinski definition) is 3. The van der Waals surface area contributed by atoms with E-state index in [4.69, 9.17) is 9.47 Å². The van der Waals surface area contributed by atoms with E-state index in [2.05, 4.69) is 43.1 Å². The maximum absolute atomic E-state index is 5.55. The molecule has 1 aromatic carbocycles. The van der Waals surface area contributed by atoms with Crippen molar-refractivity contribution in [2.45, 2.75) is 33.5 Å². The van der Waals surface area contributed by atoms with E-state index >= 15 is 0 Å². The highest BCUT2D eigenvalue weighted by atomic mass is 16.7. The summed E-state index contributed by atoms with van der Waals surface area (Å²) in [7, 11) is 2.11. The second-order valence-corrected chi connectivity index (χ2v) is 4.34. The van der Waals surface area contributed by atoms with Gasteiger partial charge in [0.05, 0.1) is 0 Å². The van der Waals surface area contributed by atoms with Gasteiger partial charge in [-0.3, -0.25) is 0 Å². The Hall–Kier alpha value is -1.06. The molecule has 3 nitrogen and oxygen atoms in total. The largest absolute Gasteiger partial charge is 0.374 e. The lowest BCUT2D eigenvalue weighted by atomic mass is 10.2. The van der Waals surface area contributed by atoms with Crippen LogP contribution in [-0.2, 0) is 9.47 Å². The molecule has 0 amide bonds. The fourth-order valence-electron chi connectivity index (χ4n) is 2.00. The smallest absolute Gasteiger partial charge is 0.159 e. The monoisotopic (exact) mass is 251 g/mol. The number of para-hydroxylation sites is 1. The molecule has 0 saturated carbocycles. The Labute approximate surface area is 111 Å². The zero-order valence-electron chi connectivity index (χ0n) is 12.0. The fourth-order valence-corrected chi connectivity index (χ4v) is 2.00. The Bertz CT molecular complexity index is 335. The Morgan fingerprint density at radius 2 is 1.72 bits per heavy atom. The van der Waals surface area contributed by atoms with Gasteiger partial charge in [0.25, 0.3) is 0 Å². The third-order valence-electron chi connectivity index (χ3n) is 2.93. The zero-order chi connectivity index (χ0) is 13.4. The van der Waals surface area contributed by atoms with E-state index in [-0.39, 0.29) is 6.29 Å². The third-order valence-corrected chi connectivity index (χ3v) is 2.93. The van der Waals surface area contributed by atoms with Crippen molar-refractivity contribution in [2.75, 3.05) is 31.7 Å². The van der Waals surface area contributed by atoms with E-state index in [1.807, 2.05) is 13.8 Å². The molecule has 0 heterocycles. The Morgan fingerprint density at radius 1 is 1.11 bits per heavy atom. The molecule has 102 valence electrons. The highest BCUT2D eigenvalue weighted by Crippen LogP contribution is 2.18. The second kappa shape index (κ2) is 8.11. The minimum Gasteiger partial charge on any atom is -0.374 e. The lowest BCUT2D eigenvalue weighted by Gasteiger charge is -2.24. The van der Waals surface area contributed by atoms with Crippen LogP contribution in [0.25, 0.3) is 0 Å². The van der Waals surface area contributed by atoms with Gasteiger partial charge in [0, 0.05) is 38.9 Å². The van der Waals surface area contributed by atoms with E-state index in [9.17, 15) is 0 Å². The molecule has 0 aliphatic rings. The van der Waals surface area contributed by atoms with Gasteiger partial charge in [-0.25, -0.2) is 0 Å². The van der Waals surface area contributed by atoms with Crippen molar-refractivity contribution in [1.82, 2.24) is 0 Å². The van der Waals surface area contributed by atoms with Crippen LogP contribution in [-0.4, -0.2) is 33.1 Å². The van der Waals surface area contributed by atoms with Gasteiger partial charge in [-0.2, -0.15) is 0 Å². The predicted octanol–water partition coefficient (Wildman–Crippen LogP) is 3.22. The van der Waals surface area contributed by atoms with Crippen LogP contribution in [0.5, 0.6) is 0 Å². The highest BCUT2D eigenvalue weighted by molar-refractivity contribution is 5.52. The second-order valence-electron chi connectivity index (χ2n) is 4.34. The molecule has 1 rings (SSSR count). The number of hydrogen-bond donors (Lipinski definition) is 0. The van der Waals surface area contributed by atoms with Crippen molar-refractivity contribution < 1.29 is 9.47 Å². The molecule has 0 aromatic heterocycles. The van der Waals surface area contributed by atoms with Crippen LogP contribution in [0.1, 0.15) is 25.8 Å². The minimum atomic E-state index is -0.0912. The topological polar surface area (TPSA) is 21.7 Å². The molecule has 0 atom stereocenters. The van der Waals surface area contributed by atoms with Gasteiger partial charge < -0.3 is 14.4 Å². The van der Waals surface area contributed by atoms with Crippen molar-refractivity contribution in [3.05, 3.63) is 29.8 Å². The molecule has 3 heteroatoms. The summed E-state index contributed by atoms with van der Waals surface area (Å²) in [6, 6.07) is 8.41. The SMILES string of the molecule is CCOC(CCN(C)c1ccccc1C)OCC. The van der Waals surface area contributed by atoms with E-state index in [0.717, 1.165) is 13.0 Å². The first kappa shape index (κ1) is 15.0. The molecule has 0 unspecified atom stereocenters. The van der Waals surface area contributed by atoms with Crippen molar-refractivity contribution in [1.29, 1.82) is 0 Å². The molecular weight excluding hydrogens is 226 g/mol. The van der Waals surface area contributed by atoms with Gasteiger partial charge in [0.1, 0.15) is 0 Å². The summed E-state index contributed by atoms with van der Waals surface area (Å²) >= 11 is 0. The molecule has 0 radical (unpaired) electrons. The molecule has 0 aliphatic heterocycles. The van der Waals surface area contributed by atoms with E-state index in [1.165, 1.54) is 11.3 Å². The van der Waals surface area contributed by atoms with Gasteiger partial charge in [-0.05, 0) is 32.4 Å². The summed E-state index contributed by atoms with van der Waals surface area (Å²) in [5, 5.41) is 0. The van der Waals surface area contributed by atoms with Crippen LogP contribution < -0.4 is 4.90 Å². The van der Waals surface area contributed by atoms with Crippen LogP contribution in [0.2, 0.25) is 0 Å². The van der Waals surface area contributed by atoms with E-state index in [0.29, 0.717) is 13.2 Å². The van der Waals surface area contributed by atoms with E-state index < -0.39 is 0 Å². The number of nitrogens with zero attached hydrogens (tertiary/aromatic N) is 1. The van der Waals surface area contributed by atoms with Gasteiger partial charge in [-0.1, -0.05) is 18.2 Å². The number of benzene rings is 1. The first-order valence-electron chi connectivity index (χ1n) is 6.69. The number of ether oxygens (including phenoxy) is 2. The first-order chi connectivity index (χ1) is 8.69. The van der Waals surface area contributed by atoms with Crippen LogP contribution in [0, 0.1) is 6.92 Å². The van der Waals surface area contributed by atoms with Crippen LogP contribution in [0.4, 0.5) is 5.69 Å². The summed E-state index contributed by atoms with van der Waals surface area (Å²) in [4.78, 5) is 2.25. The normalized spacial score (nSPS) is 10.9. The summed E-state index contributed by atoms with van der Waals surface area (Å²) < 4.78 is 11.1. The van der Waals surface area contributed by atoms with Gasteiger partial charge >= 0.3 is 0 Å². The molecule has 0 aliphatic carbocycles. The maximum Gasteiger partial charge on any atom is 0.159 e. The number of anilines is 1. The van der Waals surface area contributed by atoms with Crippen molar-refractivity contribution in [3.63, 3.8) is 0 Å². The van der Waals surface area contributed by atoms with Crippen molar-refractivity contribution in [2.24, 2.45) is 0 Å². The van der Waals surface area contributed by atoms with Crippen LogP contribution in [0.3, 0.4) is 0 Å². The molecule has 18 heavy (non-hydrogen) atoms. The first-order valence-corrected chi connectivity index (χ1v) is 6.69. The van der Waals surface area contributed by atoms with Crippen molar-refractivity contribution >= 4 is 5.69 Å². The minimum absolute atomic E-state index is 0.0912.